The van der Waals surface area contributed by atoms with Crippen LogP contribution in [0.2, 0.25) is 0 Å². The highest BCUT2D eigenvalue weighted by atomic mass is 32.2. The van der Waals surface area contributed by atoms with E-state index in [-0.39, 0.29) is 0 Å². The van der Waals surface area contributed by atoms with Crippen molar-refractivity contribution in [3.63, 3.8) is 0 Å². The Kier molecular flexibility index (Phi) is 4.69. The largest absolute Gasteiger partial charge is 0.362 e. The molecule has 2 unspecified atom stereocenters. The van der Waals surface area contributed by atoms with Gasteiger partial charge >= 0.3 is 0 Å². The van der Waals surface area contributed by atoms with E-state index in [1.165, 1.54) is 43.0 Å². The molecule has 2 atom stereocenters. The van der Waals surface area contributed by atoms with Crippen LogP contribution in [0, 0.1) is 0 Å². The lowest BCUT2D eigenvalue weighted by atomic mass is 9.95. The summed E-state index contributed by atoms with van der Waals surface area (Å²) in [6.45, 7) is 1.02. The summed E-state index contributed by atoms with van der Waals surface area (Å²) in [7, 11) is 0. The van der Waals surface area contributed by atoms with E-state index in [9.17, 15) is 0 Å². The van der Waals surface area contributed by atoms with E-state index < -0.39 is 0 Å². The highest BCUT2D eigenvalue weighted by molar-refractivity contribution is 8.13. The summed E-state index contributed by atoms with van der Waals surface area (Å²) in [5.74, 6) is 1.24. The van der Waals surface area contributed by atoms with Crippen LogP contribution in [0.5, 0.6) is 0 Å². The van der Waals surface area contributed by atoms with Crippen molar-refractivity contribution in [1.82, 2.24) is 5.32 Å². The molecule has 1 aliphatic carbocycles. The van der Waals surface area contributed by atoms with Crippen LogP contribution in [0.3, 0.4) is 0 Å². The molecule has 1 fully saturated rings. The number of rotatable bonds is 2. The van der Waals surface area contributed by atoms with E-state index in [2.05, 4.69) is 16.6 Å². The smallest absolute Gasteiger partial charge is 0.156 e. The molecule has 1 saturated carbocycles. The van der Waals surface area contributed by atoms with Gasteiger partial charge in [0.1, 0.15) is 0 Å². The van der Waals surface area contributed by atoms with Crippen molar-refractivity contribution >= 4 is 28.7 Å². The van der Waals surface area contributed by atoms with Crippen LogP contribution < -0.4 is 5.32 Å². The molecule has 15 heavy (non-hydrogen) atoms. The van der Waals surface area contributed by atoms with E-state index in [4.69, 9.17) is 0 Å². The molecule has 2 nitrogen and oxygen atoms in total. The second-order valence-corrected chi connectivity index (χ2v) is 6.48. The molecule has 0 bridgehead atoms. The van der Waals surface area contributed by atoms with Gasteiger partial charge in [0.25, 0.3) is 0 Å². The normalized spacial score (nSPS) is 32.2. The second-order valence-electron chi connectivity index (χ2n) is 4.25. The first-order valence-electron chi connectivity index (χ1n) is 5.85. The lowest BCUT2D eigenvalue weighted by molar-refractivity contribution is 0.424. The molecule has 0 aromatic rings. The fourth-order valence-corrected chi connectivity index (χ4v) is 3.94. The quantitative estimate of drug-likeness (QED) is 0.808. The van der Waals surface area contributed by atoms with Gasteiger partial charge < -0.3 is 5.32 Å². The zero-order chi connectivity index (χ0) is 10.5. The number of nitrogens with one attached hydrogen (secondary N) is 1. The molecule has 2 aliphatic rings. The Labute approximate surface area is 101 Å². The van der Waals surface area contributed by atoms with E-state index in [0.29, 0.717) is 6.04 Å². The summed E-state index contributed by atoms with van der Waals surface area (Å²) in [6.07, 6.45) is 8.91. The third-order valence-corrected chi connectivity index (χ3v) is 5.19. The van der Waals surface area contributed by atoms with Gasteiger partial charge in [0, 0.05) is 23.6 Å². The van der Waals surface area contributed by atoms with E-state index in [0.717, 1.165) is 11.8 Å². The lowest BCUT2D eigenvalue weighted by Gasteiger charge is -2.30. The minimum Gasteiger partial charge on any atom is -0.362 e. The van der Waals surface area contributed by atoms with Crippen molar-refractivity contribution in [2.75, 3.05) is 18.6 Å². The summed E-state index contributed by atoms with van der Waals surface area (Å²) < 4.78 is 0. The van der Waals surface area contributed by atoms with Gasteiger partial charge in [0.2, 0.25) is 0 Å². The Morgan fingerprint density at radius 1 is 1.40 bits per heavy atom. The van der Waals surface area contributed by atoms with Gasteiger partial charge in [-0.15, -0.1) is 0 Å². The van der Waals surface area contributed by atoms with Crippen molar-refractivity contribution in [3.05, 3.63) is 0 Å². The van der Waals surface area contributed by atoms with E-state index >= 15 is 0 Å². The van der Waals surface area contributed by atoms with Crippen LogP contribution in [-0.4, -0.2) is 35.0 Å². The van der Waals surface area contributed by atoms with Crippen LogP contribution in [0.25, 0.3) is 0 Å². The van der Waals surface area contributed by atoms with Crippen molar-refractivity contribution in [1.29, 1.82) is 0 Å². The number of hydrogen-bond donors (Lipinski definition) is 1. The van der Waals surface area contributed by atoms with Gasteiger partial charge in [0.15, 0.2) is 5.17 Å². The molecule has 2 rings (SSSR count). The highest BCUT2D eigenvalue weighted by Gasteiger charge is 2.22. The van der Waals surface area contributed by atoms with Crippen LogP contribution >= 0.6 is 23.5 Å². The molecule has 0 amide bonds. The third-order valence-electron chi connectivity index (χ3n) is 3.08. The van der Waals surface area contributed by atoms with Crippen molar-refractivity contribution in [2.45, 2.75) is 43.4 Å². The predicted octanol–water partition coefficient (Wildman–Crippen LogP) is 2.74. The van der Waals surface area contributed by atoms with Gasteiger partial charge in [-0.05, 0) is 31.9 Å². The minimum absolute atomic E-state index is 0.681. The van der Waals surface area contributed by atoms with Crippen LogP contribution in [-0.2, 0) is 0 Å². The van der Waals surface area contributed by atoms with Crippen molar-refractivity contribution in [3.8, 4) is 0 Å². The molecular formula is C11H20N2S2. The van der Waals surface area contributed by atoms with Crippen molar-refractivity contribution < 1.29 is 0 Å². The van der Waals surface area contributed by atoms with Crippen LogP contribution in [0.15, 0.2) is 4.99 Å². The number of thioether (sulfide) groups is 2. The van der Waals surface area contributed by atoms with Gasteiger partial charge in [-0.1, -0.05) is 18.2 Å². The Morgan fingerprint density at radius 3 is 3.07 bits per heavy atom. The topological polar surface area (TPSA) is 24.4 Å². The first-order chi connectivity index (χ1) is 7.38. The fourth-order valence-electron chi connectivity index (χ4n) is 2.21. The van der Waals surface area contributed by atoms with Crippen molar-refractivity contribution in [2.24, 2.45) is 4.99 Å². The molecule has 0 aromatic carbocycles. The monoisotopic (exact) mass is 244 g/mol. The van der Waals surface area contributed by atoms with Crippen LogP contribution in [0.4, 0.5) is 0 Å². The molecule has 0 aromatic heterocycles. The maximum absolute atomic E-state index is 4.54. The highest BCUT2D eigenvalue weighted by Crippen LogP contribution is 2.27. The summed E-state index contributed by atoms with van der Waals surface area (Å²) in [4.78, 5) is 4.54. The SMILES string of the molecule is CSC1CCCC(NC2=NCCCS2)C1. The van der Waals surface area contributed by atoms with E-state index in [1.807, 2.05) is 23.5 Å². The molecule has 4 heteroatoms. The van der Waals surface area contributed by atoms with Crippen LogP contribution in [0.1, 0.15) is 32.1 Å². The van der Waals surface area contributed by atoms with Gasteiger partial charge in [-0.25, -0.2) is 0 Å². The number of aliphatic imine (C=N–C) groups is 1. The molecule has 0 radical (unpaired) electrons. The zero-order valence-corrected chi connectivity index (χ0v) is 11.0. The molecule has 1 heterocycles. The summed E-state index contributed by atoms with van der Waals surface area (Å²) >= 11 is 3.92. The third kappa shape index (κ3) is 3.59. The number of nitrogens with zero attached hydrogens (tertiary/aromatic N) is 1. The maximum atomic E-state index is 4.54. The summed E-state index contributed by atoms with van der Waals surface area (Å²) in [5.41, 5.74) is 0. The zero-order valence-electron chi connectivity index (χ0n) is 9.37. The Morgan fingerprint density at radius 2 is 2.33 bits per heavy atom. The summed E-state index contributed by atoms with van der Waals surface area (Å²) in [5, 5.41) is 5.69. The Balaban J connectivity index is 1.80. The molecule has 1 N–H and O–H groups in total. The second kappa shape index (κ2) is 6.04. The molecule has 0 spiro atoms. The number of amidine groups is 1. The van der Waals surface area contributed by atoms with Gasteiger partial charge in [-0.2, -0.15) is 11.8 Å². The molecular weight excluding hydrogens is 224 g/mol. The van der Waals surface area contributed by atoms with Gasteiger partial charge in [-0.3, -0.25) is 4.99 Å². The number of hydrogen-bond acceptors (Lipinski definition) is 4. The fraction of sp³-hybridized carbons (Fsp3) is 0.909. The van der Waals surface area contributed by atoms with E-state index in [1.54, 1.807) is 0 Å². The molecule has 86 valence electrons. The minimum atomic E-state index is 0.681. The Bertz CT molecular complexity index is 231. The lowest BCUT2D eigenvalue weighted by Crippen LogP contribution is -2.38. The predicted molar refractivity (Wildman–Crippen MR) is 72.1 cm³/mol. The first-order valence-corrected chi connectivity index (χ1v) is 8.12. The Hall–Kier alpha value is 0.170. The summed E-state index contributed by atoms with van der Waals surface area (Å²) in [6, 6.07) is 0.681. The molecule has 1 aliphatic heterocycles. The average molecular weight is 244 g/mol. The standard InChI is InChI=1S/C11H20N2S2/c1-14-10-5-2-4-9(8-10)13-11-12-6-3-7-15-11/h9-10H,2-8H2,1H3,(H,12,13). The van der Waals surface area contributed by atoms with Gasteiger partial charge in [0.05, 0.1) is 0 Å². The first kappa shape index (κ1) is 11.6. The average Bonchev–Trinajstić information content (AvgIpc) is 2.31. The maximum Gasteiger partial charge on any atom is 0.156 e. The molecule has 0 saturated heterocycles.